The first-order chi connectivity index (χ1) is 8.45. The van der Waals surface area contributed by atoms with Crippen molar-refractivity contribution >= 4 is 10.8 Å². The van der Waals surface area contributed by atoms with E-state index >= 15 is 0 Å². The average molecular weight is 255 g/mol. The number of halogens is 3. The summed E-state index contributed by atoms with van der Waals surface area (Å²) in [6.07, 6.45) is -4.46. The Morgan fingerprint density at radius 1 is 1.06 bits per heavy atom. The van der Waals surface area contributed by atoms with E-state index < -0.39 is 12.2 Å². The third kappa shape index (κ3) is 2.13. The zero-order chi connectivity index (χ0) is 13.3. The van der Waals surface area contributed by atoms with Gasteiger partial charge < -0.3 is 10.5 Å². The Bertz CT molecular complexity index is 566. The summed E-state index contributed by atoms with van der Waals surface area (Å²) >= 11 is 0. The molecule has 0 amide bonds. The molecule has 0 fully saturated rings. The van der Waals surface area contributed by atoms with Gasteiger partial charge in [-0.2, -0.15) is 13.2 Å². The summed E-state index contributed by atoms with van der Waals surface area (Å²) in [4.78, 5) is 0. The van der Waals surface area contributed by atoms with Gasteiger partial charge in [-0.25, -0.2) is 0 Å². The highest BCUT2D eigenvalue weighted by Gasteiger charge is 2.38. The minimum Gasteiger partial charge on any atom is -0.496 e. The number of alkyl halides is 3. The number of methoxy groups -OCH3 is 1. The largest absolute Gasteiger partial charge is 0.496 e. The van der Waals surface area contributed by atoms with E-state index in [0.29, 0.717) is 16.5 Å². The Hall–Kier alpha value is -1.75. The molecule has 0 aliphatic rings. The summed E-state index contributed by atoms with van der Waals surface area (Å²) < 4.78 is 43.2. The molecule has 0 aliphatic heterocycles. The fourth-order valence-corrected chi connectivity index (χ4v) is 1.93. The maximum absolute atomic E-state index is 12.7. The summed E-state index contributed by atoms with van der Waals surface area (Å²) in [6, 6.07) is 7.61. The average Bonchev–Trinajstić information content (AvgIpc) is 2.35. The van der Waals surface area contributed by atoms with E-state index in [0.717, 1.165) is 0 Å². The van der Waals surface area contributed by atoms with Crippen molar-refractivity contribution in [3.8, 4) is 5.75 Å². The molecule has 5 heteroatoms. The van der Waals surface area contributed by atoms with Gasteiger partial charge >= 0.3 is 6.18 Å². The lowest BCUT2D eigenvalue weighted by Crippen LogP contribution is -2.28. The summed E-state index contributed by atoms with van der Waals surface area (Å²) in [6.45, 7) is 0. The Morgan fingerprint density at radius 3 is 2.28 bits per heavy atom. The van der Waals surface area contributed by atoms with Crippen molar-refractivity contribution in [2.75, 3.05) is 7.11 Å². The molecule has 0 unspecified atom stereocenters. The van der Waals surface area contributed by atoms with Crippen LogP contribution in [0.25, 0.3) is 10.8 Å². The zero-order valence-electron chi connectivity index (χ0n) is 9.66. The van der Waals surface area contributed by atoms with Crippen LogP contribution in [-0.2, 0) is 0 Å². The predicted molar refractivity (Wildman–Crippen MR) is 63.5 cm³/mol. The fourth-order valence-electron chi connectivity index (χ4n) is 1.93. The van der Waals surface area contributed by atoms with Crippen molar-refractivity contribution in [2.45, 2.75) is 12.2 Å². The van der Waals surface area contributed by atoms with E-state index in [2.05, 4.69) is 0 Å². The van der Waals surface area contributed by atoms with Gasteiger partial charge in [-0.15, -0.1) is 0 Å². The molecule has 0 saturated heterocycles. The lowest BCUT2D eigenvalue weighted by Gasteiger charge is -2.18. The first-order valence-corrected chi connectivity index (χ1v) is 5.33. The van der Waals surface area contributed by atoms with Crippen LogP contribution >= 0.6 is 0 Å². The van der Waals surface area contributed by atoms with Crippen molar-refractivity contribution < 1.29 is 17.9 Å². The van der Waals surface area contributed by atoms with Crippen LogP contribution in [-0.4, -0.2) is 13.3 Å². The maximum Gasteiger partial charge on any atom is 0.407 e. The van der Waals surface area contributed by atoms with Crippen molar-refractivity contribution in [3.63, 3.8) is 0 Å². The summed E-state index contributed by atoms with van der Waals surface area (Å²) in [7, 11) is 1.48. The first-order valence-electron chi connectivity index (χ1n) is 5.33. The van der Waals surface area contributed by atoms with Gasteiger partial charge in [-0.05, 0) is 17.0 Å². The van der Waals surface area contributed by atoms with E-state index in [1.807, 2.05) is 0 Å². The minimum absolute atomic E-state index is 0.0545. The van der Waals surface area contributed by atoms with Crippen LogP contribution in [0, 0.1) is 0 Å². The third-order valence-corrected chi connectivity index (χ3v) is 2.82. The molecule has 2 rings (SSSR count). The molecule has 0 radical (unpaired) electrons. The van der Waals surface area contributed by atoms with Gasteiger partial charge in [-0.1, -0.05) is 30.3 Å². The van der Waals surface area contributed by atoms with Gasteiger partial charge in [-0.3, -0.25) is 0 Å². The first kappa shape index (κ1) is 12.7. The topological polar surface area (TPSA) is 35.2 Å². The smallest absolute Gasteiger partial charge is 0.407 e. The van der Waals surface area contributed by atoms with Gasteiger partial charge in [0, 0.05) is 5.39 Å². The van der Waals surface area contributed by atoms with E-state index in [-0.39, 0.29) is 5.56 Å². The molecule has 0 aliphatic carbocycles. The SMILES string of the molecule is COc1cccc2c([C@H](N)C(F)(F)F)cccc12. The molecule has 0 heterocycles. The predicted octanol–water partition coefficient (Wildman–Crippen LogP) is 3.41. The molecule has 2 aromatic carbocycles. The lowest BCUT2D eigenvalue weighted by molar-refractivity contribution is -0.148. The lowest BCUT2D eigenvalue weighted by atomic mass is 9.98. The second-order valence-corrected chi connectivity index (χ2v) is 3.92. The number of fused-ring (bicyclic) bond motifs is 1. The summed E-state index contributed by atoms with van der Waals surface area (Å²) in [5.41, 5.74) is 5.32. The van der Waals surface area contributed by atoms with Crippen molar-refractivity contribution in [3.05, 3.63) is 42.0 Å². The molecule has 2 nitrogen and oxygen atoms in total. The monoisotopic (exact) mass is 255 g/mol. The van der Waals surface area contributed by atoms with E-state index in [1.54, 1.807) is 30.3 Å². The molecule has 2 N–H and O–H groups in total. The fraction of sp³-hybridized carbons (Fsp3) is 0.231. The number of benzene rings is 2. The molecule has 1 atom stereocenters. The van der Waals surface area contributed by atoms with Gasteiger partial charge in [0.15, 0.2) is 0 Å². The number of hydrogen-bond acceptors (Lipinski definition) is 2. The van der Waals surface area contributed by atoms with Crippen molar-refractivity contribution in [1.82, 2.24) is 0 Å². The van der Waals surface area contributed by atoms with Gasteiger partial charge in [0.05, 0.1) is 7.11 Å². The van der Waals surface area contributed by atoms with Crippen LogP contribution in [0.15, 0.2) is 36.4 Å². The van der Waals surface area contributed by atoms with Crippen LogP contribution in [0.3, 0.4) is 0 Å². The quantitative estimate of drug-likeness (QED) is 0.892. The standard InChI is InChI=1S/C13H12F3NO/c1-18-11-7-3-4-8-9(11)5-2-6-10(8)12(17)13(14,15)16/h2-7,12H,17H2,1H3/t12-/m0/s1. The highest BCUT2D eigenvalue weighted by molar-refractivity contribution is 5.91. The Morgan fingerprint density at radius 2 is 1.67 bits per heavy atom. The molecule has 18 heavy (non-hydrogen) atoms. The molecule has 0 aromatic heterocycles. The van der Waals surface area contributed by atoms with E-state index in [9.17, 15) is 13.2 Å². The van der Waals surface area contributed by atoms with Gasteiger partial charge in [0.2, 0.25) is 0 Å². The van der Waals surface area contributed by atoms with E-state index in [1.165, 1.54) is 13.2 Å². The molecular formula is C13H12F3NO. The van der Waals surface area contributed by atoms with Crippen LogP contribution in [0.5, 0.6) is 5.75 Å². The van der Waals surface area contributed by atoms with Crippen LogP contribution in [0.2, 0.25) is 0 Å². The van der Waals surface area contributed by atoms with Crippen molar-refractivity contribution in [1.29, 1.82) is 0 Å². The molecular weight excluding hydrogens is 243 g/mol. The van der Waals surface area contributed by atoms with E-state index in [4.69, 9.17) is 10.5 Å². The van der Waals surface area contributed by atoms with Gasteiger partial charge in [0.1, 0.15) is 11.8 Å². The highest BCUT2D eigenvalue weighted by atomic mass is 19.4. The zero-order valence-corrected chi connectivity index (χ0v) is 9.66. The Balaban J connectivity index is 2.66. The highest BCUT2D eigenvalue weighted by Crippen LogP contribution is 2.36. The second-order valence-electron chi connectivity index (χ2n) is 3.92. The minimum atomic E-state index is -4.46. The molecule has 2 aromatic rings. The Labute approximate surface area is 102 Å². The molecule has 0 saturated carbocycles. The normalized spacial score (nSPS) is 13.6. The van der Waals surface area contributed by atoms with Crippen LogP contribution < -0.4 is 10.5 Å². The van der Waals surface area contributed by atoms with Crippen LogP contribution in [0.1, 0.15) is 11.6 Å². The molecule has 0 spiro atoms. The summed E-state index contributed by atoms with van der Waals surface area (Å²) in [5.74, 6) is 0.531. The third-order valence-electron chi connectivity index (χ3n) is 2.82. The number of hydrogen-bond donors (Lipinski definition) is 1. The number of rotatable bonds is 2. The number of ether oxygens (including phenoxy) is 1. The molecule has 96 valence electrons. The Kier molecular flexibility index (Phi) is 3.17. The van der Waals surface area contributed by atoms with Gasteiger partial charge in [0.25, 0.3) is 0 Å². The molecule has 0 bridgehead atoms. The second kappa shape index (κ2) is 4.49. The summed E-state index contributed by atoms with van der Waals surface area (Å²) in [5, 5.41) is 1.08. The van der Waals surface area contributed by atoms with Crippen molar-refractivity contribution in [2.24, 2.45) is 5.73 Å². The maximum atomic E-state index is 12.7. The van der Waals surface area contributed by atoms with Crippen LogP contribution in [0.4, 0.5) is 13.2 Å². The number of nitrogens with two attached hydrogens (primary N) is 1.